The van der Waals surface area contributed by atoms with E-state index in [0.29, 0.717) is 37.7 Å². The normalized spacial score (nSPS) is 14.3. The van der Waals surface area contributed by atoms with Crippen LogP contribution in [0.4, 0.5) is 11.4 Å². The zero-order valence-corrected chi connectivity index (χ0v) is 17.5. The van der Waals surface area contributed by atoms with Crippen LogP contribution in [0, 0.1) is 6.92 Å². The Kier molecular flexibility index (Phi) is 6.40. The summed E-state index contributed by atoms with van der Waals surface area (Å²) in [6.07, 6.45) is 0. The van der Waals surface area contributed by atoms with Crippen LogP contribution >= 0.6 is 0 Å². The number of methoxy groups -OCH3 is 1. The molecule has 1 amide bonds. The maximum Gasteiger partial charge on any atom is 0.337 e. The number of nitrogens with two attached hydrogens (primary N) is 1. The molecular formula is C20H23N3O6S. The van der Waals surface area contributed by atoms with Gasteiger partial charge in [0.2, 0.25) is 10.0 Å². The summed E-state index contributed by atoms with van der Waals surface area (Å²) in [5, 5.41) is 8.02. The molecule has 1 saturated heterocycles. The van der Waals surface area contributed by atoms with Crippen LogP contribution in [0.1, 0.15) is 26.3 Å². The standard InChI is InChI=1S/C20H23N3O6S/c1-13-3-4-14(20(25)28-2)11-17(13)22-19(24)16-12-15(30(21,26)27)5-6-18(16)23-7-9-29-10-8-23/h3-6,11-12H,7-10H2,1-2H3,(H,22,24)(H2,21,26,27). The predicted octanol–water partition coefficient (Wildman–Crippen LogP) is 1.52. The lowest BCUT2D eigenvalue weighted by Crippen LogP contribution is -2.37. The third-order valence-corrected chi connectivity index (χ3v) is 5.71. The number of hydrogen-bond acceptors (Lipinski definition) is 7. The van der Waals surface area contributed by atoms with Gasteiger partial charge in [0.25, 0.3) is 5.91 Å². The van der Waals surface area contributed by atoms with Crippen LogP contribution in [-0.2, 0) is 19.5 Å². The lowest BCUT2D eigenvalue weighted by Gasteiger charge is -2.30. The van der Waals surface area contributed by atoms with Gasteiger partial charge in [-0.1, -0.05) is 6.07 Å². The summed E-state index contributed by atoms with van der Waals surface area (Å²) in [6.45, 7) is 3.90. The van der Waals surface area contributed by atoms with Crippen molar-refractivity contribution in [3.8, 4) is 0 Å². The van der Waals surface area contributed by atoms with Crippen molar-refractivity contribution in [1.29, 1.82) is 0 Å². The minimum atomic E-state index is -3.99. The predicted molar refractivity (Wildman–Crippen MR) is 111 cm³/mol. The van der Waals surface area contributed by atoms with E-state index >= 15 is 0 Å². The second-order valence-electron chi connectivity index (χ2n) is 6.80. The van der Waals surface area contributed by atoms with E-state index in [2.05, 4.69) is 5.32 Å². The fraction of sp³-hybridized carbons (Fsp3) is 0.300. The van der Waals surface area contributed by atoms with Gasteiger partial charge in [0.1, 0.15) is 0 Å². The van der Waals surface area contributed by atoms with Gasteiger partial charge in [-0.15, -0.1) is 0 Å². The third-order valence-electron chi connectivity index (χ3n) is 4.80. The summed E-state index contributed by atoms with van der Waals surface area (Å²) in [7, 11) is -2.72. The Morgan fingerprint density at radius 2 is 1.83 bits per heavy atom. The lowest BCUT2D eigenvalue weighted by atomic mass is 10.1. The molecule has 9 nitrogen and oxygen atoms in total. The Labute approximate surface area is 174 Å². The summed E-state index contributed by atoms with van der Waals surface area (Å²) in [4.78, 5) is 26.7. The number of aryl methyl sites for hydroxylation is 1. The molecule has 0 bridgehead atoms. The van der Waals surface area contributed by atoms with Crippen LogP contribution in [0.2, 0.25) is 0 Å². The van der Waals surface area contributed by atoms with Crippen LogP contribution in [0.15, 0.2) is 41.3 Å². The number of nitrogens with zero attached hydrogens (tertiary/aromatic N) is 1. The van der Waals surface area contributed by atoms with Crippen LogP contribution in [0.25, 0.3) is 0 Å². The molecule has 2 aromatic rings. The zero-order chi connectivity index (χ0) is 21.9. The zero-order valence-electron chi connectivity index (χ0n) is 16.7. The topological polar surface area (TPSA) is 128 Å². The molecule has 10 heteroatoms. The molecule has 0 saturated carbocycles. The van der Waals surface area contributed by atoms with Gasteiger partial charge >= 0.3 is 5.97 Å². The van der Waals surface area contributed by atoms with Crippen molar-refractivity contribution in [1.82, 2.24) is 0 Å². The fourth-order valence-electron chi connectivity index (χ4n) is 3.15. The number of anilines is 2. The number of carbonyl (C=O) groups is 2. The first-order valence-corrected chi connectivity index (χ1v) is 10.7. The summed E-state index contributed by atoms with van der Waals surface area (Å²) in [5.74, 6) is -1.05. The maximum atomic E-state index is 13.1. The maximum absolute atomic E-state index is 13.1. The van der Waals surface area contributed by atoms with Crippen molar-refractivity contribution in [3.05, 3.63) is 53.1 Å². The van der Waals surface area contributed by atoms with Crippen molar-refractivity contribution in [3.63, 3.8) is 0 Å². The van der Waals surface area contributed by atoms with Crippen molar-refractivity contribution in [2.24, 2.45) is 5.14 Å². The molecule has 160 valence electrons. The van der Waals surface area contributed by atoms with Crippen LogP contribution in [0.5, 0.6) is 0 Å². The van der Waals surface area contributed by atoms with E-state index in [1.165, 1.54) is 25.3 Å². The van der Waals surface area contributed by atoms with Crippen LogP contribution in [-0.4, -0.2) is 53.7 Å². The van der Waals surface area contributed by atoms with E-state index < -0.39 is 21.9 Å². The smallest absolute Gasteiger partial charge is 0.337 e. The van der Waals surface area contributed by atoms with Gasteiger partial charge in [-0.05, 0) is 42.8 Å². The summed E-state index contributed by atoms with van der Waals surface area (Å²) in [6, 6.07) is 8.99. The molecule has 0 atom stereocenters. The number of ether oxygens (including phenoxy) is 2. The minimum absolute atomic E-state index is 0.159. The van der Waals surface area contributed by atoms with Crippen molar-refractivity contribution >= 4 is 33.3 Å². The highest BCUT2D eigenvalue weighted by molar-refractivity contribution is 7.89. The highest BCUT2D eigenvalue weighted by atomic mass is 32.2. The number of carbonyl (C=O) groups excluding carboxylic acids is 2. The molecule has 0 spiro atoms. The molecule has 0 aliphatic carbocycles. The summed E-state index contributed by atoms with van der Waals surface area (Å²) in [5.41, 5.74) is 2.16. The Morgan fingerprint density at radius 3 is 2.47 bits per heavy atom. The fourth-order valence-corrected chi connectivity index (χ4v) is 3.68. The molecule has 3 rings (SSSR count). The van der Waals surface area contributed by atoms with Gasteiger partial charge in [-0.25, -0.2) is 18.4 Å². The number of rotatable bonds is 5. The third kappa shape index (κ3) is 4.78. The Morgan fingerprint density at radius 1 is 1.13 bits per heavy atom. The van der Waals surface area contributed by atoms with E-state index in [-0.39, 0.29) is 16.0 Å². The van der Waals surface area contributed by atoms with E-state index in [9.17, 15) is 18.0 Å². The van der Waals surface area contributed by atoms with Crippen molar-refractivity contribution in [2.45, 2.75) is 11.8 Å². The lowest BCUT2D eigenvalue weighted by molar-refractivity contribution is 0.0600. The molecular weight excluding hydrogens is 410 g/mol. The highest BCUT2D eigenvalue weighted by Crippen LogP contribution is 2.27. The number of nitrogens with one attached hydrogen (secondary N) is 1. The first kappa shape index (κ1) is 21.8. The second-order valence-corrected chi connectivity index (χ2v) is 8.36. The quantitative estimate of drug-likeness (QED) is 0.684. The van der Waals surface area contributed by atoms with Gasteiger partial charge in [-0.2, -0.15) is 0 Å². The number of primary sulfonamides is 1. The van der Waals surface area contributed by atoms with E-state index in [0.717, 1.165) is 5.56 Å². The molecule has 0 unspecified atom stereocenters. The molecule has 1 aliphatic heterocycles. The molecule has 1 aliphatic rings. The van der Waals surface area contributed by atoms with Crippen molar-refractivity contribution in [2.75, 3.05) is 43.6 Å². The SMILES string of the molecule is COC(=O)c1ccc(C)c(NC(=O)c2cc(S(N)(=O)=O)ccc2N2CCOCC2)c1. The number of benzene rings is 2. The first-order valence-electron chi connectivity index (χ1n) is 9.20. The molecule has 30 heavy (non-hydrogen) atoms. The Balaban J connectivity index is 2.00. The molecule has 2 aromatic carbocycles. The molecule has 0 aromatic heterocycles. The largest absolute Gasteiger partial charge is 0.465 e. The Bertz CT molecular complexity index is 1080. The van der Waals surface area contributed by atoms with E-state index in [4.69, 9.17) is 14.6 Å². The number of morpholine rings is 1. The number of amides is 1. The minimum Gasteiger partial charge on any atom is -0.465 e. The number of sulfonamides is 1. The highest BCUT2D eigenvalue weighted by Gasteiger charge is 2.22. The van der Waals surface area contributed by atoms with E-state index in [1.807, 2.05) is 4.90 Å². The van der Waals surface area contributed by atoms with Gasteiger partial charge in [0.05, 0.1) is 36.3 Å². The second kappa shape index (κ2) is 8.82. The van der Waals surface area contributed by atoms with E-state index in [1.54, 1.807) is 25.1 Å². The van der Waals surface area contributed by atoms with Crippen LogP contribution in [0.3, 0.4) is 0 Å². The summed E-state index contributed by atoms with van der Waals surface area (Å²) >= 11 is 0. The Hall–Kier alpha value is -2.95. The van der Waals surface area contributed by atoms with Gasteiger partial charge in [0.15, 0.2) is 0 Å². The van der Waals surface area contributed by atoms with Gasteiger partial charge in [0, 0.05) is 24.5 Å². The monoisotopic (exact) mass is 433 g/mol. The van der Waals surface area contributed by atoms with Crippen molar-refractivity contribution < 1.29 is 27.5 Å². The number of hydrogen-bond donors (Lipinski definition) is 2. The average molecular weight is 433 g/mol. The van der Waals surface area contributed by atoms with Gasteiger partial charge < -0.3 is 19.7 Å². The number of esters is 1. The molecule has 3 N–H and O–H groups in total. The first-order chi connectivity index (χ1) is 14.2. The molecule has 1 heterocycles. The molecule has 1 fully saturated rings. The summed E-state index contributed by atoms with van der Waals surface area (Å²) < 4.78 is 33.7. The molecule has 0 radical (unpaired) electrons. The average Bonchev–Trinajstić information content (AvgIpc) is 2.74. The van der Waals surface area contributed by atoms with Crippen LogP contribution < -0.4 is 15.4 Å². The van der Waals surface area contributed by atoms with Gasteiger partial charge in [-0.3, -0.25) is 4.79 Å².